The molecule has 2 N–H and O–H groups in total. The standard InChI is InChI=1S/C12H17N3O4S/c1-20(18,19)12(4-2-3-5-12)8-15-10-7-13-9(6-14-10)11(16)17/h6-7H,2-5,8H2,1H3,(H,14,15)(H,16,17). The van der Waals surface area contributed by atoms with E-state index in [1.807, 2.05) is 0 Å². The molecule has 0 unspecified atom stereocenters. The molecule has 110 valence electrons. The van der Waals surface area contributed by atoms with Crippen molar-refractivity contribution in [2.45, 2.75) is 30.4 Å². The topological polar surface area (TPSA) is 109 Å². The van der Waals surface area contributed by atoms with E-state index in [0.29, 0.717) is 18.7 Å². The molecule has 1 aliphatic rings. The molecule has 0 bridgehead atoms. The second-order valence-electron chi connectivity index (χ2n) is 5.11. The minimum atomic E-state index is -3.16. The highest BCUT2D eigenvalue weighted by molar-refractivity contribution is 7.92. The monoisotopic (exact) mass is 299 g/mol. The maximum absolute atomic E-state index is 12.0. The average molecular weight is 299 g/mol. The van der Waals surface area contributed by atoms with Crippen LogP contribution in [0.15, 0.2) is 12.4 Å². The maximum atomic E-state index is 12.0. The van der Waals surface area contributed by atoms with Crippen LogP contribution in [-0.2, 0) is 9.84 Å². The predicted octanol–water partition coefficient (Wildman–Crippen LogP) is 0.944. The summed E-state index contributed by atoms with van der Waals surface area (Å²) in [7, 11) is -3.16. The van der Waals surface area contributed by atoms with Crippen LogP contribution in [-0.4, -0.2) is 47.0 Å². The molecule has 0 amide bonds. The highest BCUT2D eigenvalue weighted by atomic mass is 32.2. The van der Waals surface area contributed by atoms with Crippen LogP contribution in [0.4, 0.5) is 5.82 Å². The summed E-state index contributed by atoms with van der Waals surface area (Å²) in [5.41, 5.74) is -0.144. The van der Waals surface area contributed by atoms with E-state index in [1.54, 1.807) is 0 Å². The zero-order chi connectivity index (χ0) is 14.8. The molecule has 20 heavy (non-hydrogen) atoms. The summed E-state index contributed by atoms with van der Waals surface area (Å²) in [6.07, 6.45) is 6.79. The summed E-state index contributed by atoms with van der Waals surface area (Å²) in [4.78, 5) is 18.3. The van der Waals surface area contributed by atoms with Gasteiger partial charge in [0.25, 0.3) is 0 Å². The number of nitrogens with one attached hydrogen (secondary N) is 1. The van der Waals surface area contributed by atoms with Gasteiger partial charge in [-0.05, 0) is 12.8 Å². The number of anilines is 1. The van der Waals surface area contributed by atoms with Crippen molar-refractivity contribution in [1.82, 2.24) is 9.97 Å². The average Bonchev–Trinajstić information content (AvgIpc) is 2.86. The second kappa shape index (κ2) is 5.35. The summed E-state index contributed by atoms with van der Waals surface area (Å²) >= 11 is 0. The van der Waals surface area contributed by atoms with Crippen molar-refractivity contribution in [3.05, 3.63) is 18.1 Å². The van der Waals surface area contributed by atoms with Crippen LogP contribution in [0.1, 0.15) is 36.2 Å². The first-order valence-electron chi connectivity index (χ1n) is 6.33. The third-order valence-corrected chi connectivity index (χ3v) is 5.89. The van der Waals surface area contributed by atoms with Crippen molar-refractivity contribution in [3.8, 4) is 0 Å². The Morgan fingerprint density at radius 3 is 2.45 bits per heavy atom. The van der Waals surface area contributed by atoms with Crippen molar-refractivity contribution in [3.63, 3.8) is 0 Å². The van der Waals surface area contributed by atoms with Crippen molar-refractivity contribution in [2.75, 3.05) is 18.1 Å². The molecule has 0 atom stereocenters. The van der Waals surface area contributed by atoms with E-state index in [1.165, 1.54) is 12.5 Å². The largest absolute Gasteiger partial charge is 0.476 e. The van der Waals surface area contributed by atoms with Crippen LogP contribution < -0.4 is 5.32 Å². The molecule has 1 saturated carbocycles. The Balaban J connectivity index is 2.09. The number of carboxylic acids is 1. The number of sulfone groups is 1. The van der Waals surface area contributed by atoms with Gasteiger partial charge in [0.15, 0.2) is 15.5 Å². The fraction of sp³-hybridized carbons (Fsp3) is 0.583. The van der Waals surface area contributed by atoms with Gasteiger partial charge in [-0.15, -0.1) is 0 Å². The molecular formula is C12H17N3O4S. The molecule has 1 aliphatic carbocycles. The van der Waals surface area contributed by atoms with Gasteiger partial charge in [0, 0.05) is 12.8 Å². The minimum absolute atomic E-state index is 0.144. The van der Waals surface area contributed by atoms with Gasteiger partial charge in [-0.1, -0.05) is 12.8 Å². The summed E-state index contributed by atoms with van der Waals surface area (Å²) < 4.78 is 23.2. The number of aromatic nitrogens is 2. The van der Waals surface area contributed by atoms with Crippen molar-refractivity contribution in [1.29, 1.82) is 0 Å². The van der Waals surface area contributed by atoms with Crippen molar-refractivity contribution in [2.24, 2.45) is 0 Å². The highest BCUT2D eigenvalue weighted by Gasteiger charge is 2.43. The second-order valence-corrected chi connectivity index (χ2v) is 7.52. The maximum Gasteiger partial charge on any atom is 0.356 e. The van der Waals surface area contributed by atoms with Crippen LogP contribution >= 0.6 is 0 Å². The number of nitrogens with zero attached hydrogens (tertiary/aromatic N) is 2. The smallest absolute Gasteiger partial charge is 0.356 e. The molecule has 1 fully saturated rings. The van der Waals surface area contributed by atoms with E-state index in [9.17, 15) is 13.2 Å². The number of carbonyl (C=O) groups is 1. The Bertz CT molecular complexity index is 592. The summed E-state index contributed by atoms with van der Waals surface area (Å²) in [6.45, 7) is 0.271. The lowest BCUT2D eigenvalue weighted by atomic mass is 10.1. The van der Waals surface area contributed by atoms with E-state index >= 15 is 0 Å². The molecule has 1 heterocycles. The molecule has 0 aromatic carbocycles. The molecule has 0 radical (unpaired) electrons. The predicted molar refractivity (Wildman–Crippen MR) is 73.5 cm³/mol. The minimum Gasteiger partial charge on any atom is -0.476 e. The lowest BCUT2D eigenvalue weighted by Gasteiger charge is -2.27. The van der Waals surface area contributed by atoms with E-state index in [4.69, 9.17) is 5.11 Å². The van der Waals surface area contributed by atoms with Gasteiger partial charge < -0.3 is 10.4 Å². The van der Waals surface area contributed by atoms with Crippen molar-refractivity contribution >= 4 is 21.6 Å². The Hall–Kier alpha value is -1.70. The Morgan fingerprint density at radius 2 is 2.00 bits per heavy atom. The van der Waals surface area contributed by atoms with Gasteiger partial charge in [-0.25, -0.2) is 23.2 Å². The summed E-state index contributed by atoms with van der Waals surface area (Å²) in [5.74, 6) is -0.766. The lowest BCUT2D eigenvalue weighted by molar-refractivity contribution is 0.0690. The number of carboxylic acid groups (broad SMARTS) is 1. The molecule has 0 spiro atoms. The molecule has 8 heteroatoms. The van der Waals surface area contributed by atoms with Gasteiger partial charge >= 0.3 is 5.97 Å². The molecule has 1 aromatic heterocycles. The van der Waals surface area contributed by atoms with Crippen LogP contribution in [0, 0.1) is 0 Å². The van der Waals surface area contributed by atoms with Gasteiger partial charge in [0.2, 0.25) is 0 Å². The van der Waals surface area contributed by atoms with Crippen LogP contribution in [0.25, 0.3) is 0 Å². The Morgan fingerprint density at radius 1 is 1.35 bits per heavy atom. The fourth-order valence-corrected chi connectivity index (χ4v) is 3.84. The van der Waals surface area contributed by atoms with Gasteiger partial charge in [-0.2, -0.15) is 0 Å². The highest BCUT2D eigenvalue weighted by Crippen LogP contribution is 2.36. The zero-order valence-corrected chi connectivity index (χ0v) is 12.0. The normalized spacial score (nSPS) is 17.9. The first kappa shape index (κ1) is 14.7. The van der Waals surface area contributed by atoms with Gasteiger partial charge in [-0.3, -0.25) is 0 Å². The van der Waals surface area contributed by atoms with Crippen LogP contribution in [0.5, 0.6) is 0 Å². The molecule has 0 aliphatic heterocycles. The third kappa shape index (κ3) is 2.90. The van der Waals surface area contributed by atoms with Gasteiger partial charge in [0.1, 0.15) is 5.82 Å². The zero-order valence-electron chi connectivity index (χ0n) is 11.2. The molecule has 1 aromatic rings. The Kier molecular flexibility index (Phi) is 3.94. The number of hydrogen-bond acceptors (Lipinski definition) is 6. The molecule has 0 saturated heterocycles. The number of rotatable bonds is 5. The Labute approximate surface area is 117 Å². The molecular weight excluding hydrogens is 282 g/mol. The number of aromatic carboxylic acids is 1. The molecule has 2 rings (SSSR count). The van der Waals surface area contributed by atoms with E-state index in [0.717, 1.165) is 19.0 Å². The lowest BCUT2D eigenvalue weighted by Crippen LogP contribution is -2.41. The van der Waals surface area contributed by atoms with E-state index in [-0.39, 0.29) is 12.2 Å². The fourth-order valence-electron chi connectivity index (χ4n) is 2.48. The van der Waals surface area contributed by atoms with E-state index < -0.39 is 20.6 Å². The van der Waals surface area contributed by atoms with Crippen LogP contribution in [0.2, 0.25) is 0 Å². The van der Waals surface area contributed by atoms with Crippen molar-refractivity contribution < 1.29 is 18.3 Å². The first-order valence-corrected chi connectivity index (χ1v) is 8.22. The number of hydrogen-bond donors (Lipinski definition) is 2. The van der Waals surface area contributed by atoms with E-state index in [2.05, 4.69) is 15.3 Å². The third-order valence-electron chi connectivity index (χ3n) is 3.76. The van der Waals surface area contributed by atoms with Crippen LogP contribution in [0.3, 0.4) is 0 Å². The summed E-state index contributed by atoms with van der Waals surface area (Å²) in [6, 6.07) is 0. The SMILES string of the molecule is CS(=O)(=O)C1(CNc2cnc(C(=O)O)cn2)CCCC1. The van der Waals surface area contributed by atoms with Gasteiger partial charge in [0.05, 0.1) is 17.1 Å². The quantitative estimate of drug-likeness (QED) is 0.832. The molecule has 7 nitrogen and oxygen atoms in total. The summed E-state index contributed by atoms with van der Waals surface area (Å²) in [5, 5.41) is 11.7. The first-order chi connectivity index (χ1) is 9.34.